The molecule has 0 radical (unpaired) electrons. The van der Waals surface area contributed by atoms with Crippen molar-refractivity contribution < 1.29 is 14.6 Å². The number of phenolic OH excluding ortho intramolecular Hbond substituents is 1. The van der Waals surface area contributed by atoms with Crippen molar-refractivity contribution in [2.45, 2.75) is 98.3 Å². The van der Waals surface area contributed by atoms with Crippen molar-refractivity contribution in [2.75, 3.05) is 6.54 Å². The van der Waals surface area contributed by atoms with Gasteiger partial charge in [-0.05, 0) is 109 Å². The number of ether oxygens (including phenoxy) is 1. The van der Waals surface area contributed by atoms with E-state index in [1.807, 2.05) is 24.3 Å². The quantitative estimate of drug-likeness (QED) is 0.288. The summed E-state index contributed by atoms with van der Waals surface area (Å²) in [5.74, 6) is 0.416. The molecule has 0 amide bonds. The van der Waals surface area contributed by atoms with Crippen LogP contribution in [0.15, 0.2) is 59.7 Å². The minimum Gasteiger partial charge on any atom is -0.508 e. The first-order valence-electron chi connectivity index (χ1n) is 13.6. The summed E-state index contributed by atoms with van der Waals surface area (Å²) in [7, 11) is 0. The summed E-state index contributed by atoms with van der Waals surface area (Å²) in [6.45, 7) is 16.2. The molecule has 0 aromatic heterocycles. The largest absolute Gasteiger partial charge is 0.508 e. The molecule has 1 saturated carbocycles. The molecule has 0 unspecified atom stereocenters. The summed E-state index contributed by atoms with van der Waals surface area (Å²) in [6, 6.07) is 16.3. The topological polar surface area (TPSA) is 49.8 Å². The van der Waals surface area contributed by atoms with Gasteiger partial charge in [-0.3, -0.25) is 4.90 Å². The maximum atomic E-state index is 13.3. The number of hydrogen-bond acceptors (Lipinski definition) is 4. The number of esters is 1. The van der Waals surface area contributed by atoms with Gasteiger partial charge in [0.25, 0.3) is 0 Å². The average molecular weight is 492 g/mol. The zero-order valence-corrected chi connectivity index (χ0v) is 23.3. The second-order valence-electron chi connectivity index (χ2n) is 11.2. The van der Waals surface area contributed by atoms with Crippen molar-refractivity contribution in [2.24, 2.45) is 5.92 Å². The van der Waals surface area contributed by atoms with E-state index in [1.54, 1.807) is 12.1 Å². The zero-order chi connectivity index (χ0) is 26.4. The number of carbonyl (C=O) groups excluding carboxylic acids is 1. The molecule has 2 aromatic rings. The smallest absolute Gasteiger partial charge is 0.338 e. The van der Waals surface area contributed by atoms with E-state index in [4.69, 9.17) is 4.74 Å². The monoisotopic (exact) mass is 491 g/mol. The summed E-state index contributed by atoms with van der Waals surface area (Å²) in [5.41, 5.74) is 4.92. The SMILES string of the molecule is CC(C)=C1CC[C@H](C)C[C@@H]1OC(=O)c1ccc(O)c([C@@H](CCN(C(C)C)C(C)C)c2ccccc2)c1. The lowest BCUT2D eigenvalue weighted by Crippen LogP contribution is -2.38. The van der Waals surface area contributed by atoms with Gasteiger partial charge in [0.15, 0.2) is 0 Å². The highest BCUT2D eigenvalue weighted by Gasteiger charge is 2.29. The van der Waals surface area contributed by atoms with E-state index in [9.17, 15) is 9.90 Å². The minimum atomic E-state index is -0.313. The van der Waals surface area contributed by atoms with E-state index in [-0.39, 0.29) is 23.7 Å². The van der Waals surface area contributed by atoms with Crippen LogP contribution in [0.4, 0.5) is 0 Å². The van der Waals surface area contributed by atoms with E-state index < -0.39 is 0 Å². The Morgan fingerprint density at radius 3 is 2.33 bits per heavy atom. The van der Waals surface area contributed by atoms with E-state index in [2.05, 4.69) is 65.5 Å². The highest BCUT2D eigenvalue weighted by atomic mass is 16.5. The average Bonchev–Trinajstić information content (AvgIpc) is 2.82. The molecular weight excluding hydrogens is 446 g/mol. The molecule has 1 aliphatic rings. The summed E-state index contributed by atoms with van der Waals surface area (Å²) in [5, 5.41) is 10.9. The molecule has 3 atom stereocenters. The normalized spacial score (nSPS) is 19.1. The van der Waals surface area contributed by atoms with Crippen LogP contribution < -0.4 is 0 Å². The molecule has 0 heterocycles. The molecule has 0 spiro atoms. The fraction of sp³-hybridized carbons (Fsp3) is 0.531. The Morgan fingerprint density at radius 1 is 1.06 bits per heavy atom. The Kier molecular flexibility index (Phi) is 9.78. The molecule has 4 heteroatoms. The standard InChI is InChI=1S/C32H45NO3/c1-21(2)27-15-13-24(7)19-31(27)36-32(35)26-14-16-30(34)29(20-26)28(25-11-9-8-10-12-25)17-18-33(22(3)4)23(5)6/h8-12,14,16,20,22-24,28,31,34H,13,15,17-19H2,1-7H3/t24-,28-,31-/m0/s1. The van der Waals surface area contributed by atoms with Gasteiger partial charge in [-0.1, -0.05) is 42.8 Å². The van der Waals surface area contributed by atoms with Crippen LogP contribution in [-0.4, -0.2) is 40.7 Å². The van der Waals surface area contributed by atoms with Crippen LogP contribution in [0.25, 0.3) is 0 Å². The second kappa shape index (κ2) is 12.6. The van der Waals surface area contributed by atoms with Gasteiger partial charge in [-0.15, -0.1) is 0 Å². The summed E-state index contributed by atoms with van der Waals surface area (Å²) in [6.07, 6.45) is 3.67. The second-order valence-corrected chi connectivity index (χ2v) is 11.2. The van der Waals surface area contributed by atoms with Crippen molar-refractivity contribution >= 4 is 5.97 Å². The molecule has 4 nitrogen and oxygen atoms in total. The van der Waals surface area contributed by atoms with Gasteiger partial charge in [0.05, 0.1) is 5.56 Å². The Bertz CT molecular complexity index is 1030. The lowest BCUT2D eigenvalue weighted by atomic mass is 9.83. The Labute approximate surface area is 218 Å². The van der Waals surface area contributed by atoms with Gasteiger partial charge in [0.2, 0.25) is 0 Å². The van der Waals surface area contributed by atoms with Crippen LogP contribution in [0, 0.1) is 5.92 Å². The Balaban J connectivity index is 1.90. The molecule has 0 saturated heterocycles. The van der Waals surface area contributed by atoms with Crippen LogP contribution in [0.3, 0.4) is 0 Å². The predicted molar refractivity (Wildman–Crippen MR) is 149 cm³/mol. The predicted octanol–water partition coefficient (Wildman–Crippen LogP) is 7.71. The first kappa shape index (κ1) is 28.0. The molecule has 1 aliphatic carbocycles. The van der Waals surface area contributed by atoms with Crippen LogP contribution in [0.5, 0.6) is 5.75 Å². The molecular formula is C32H45NO3. The number of benzene rings is 2. The van der Waals surface area contributed by atoms with Gasteiger partial charge in [0, 0.05) is 23.6 Å². The third kappa shape index (κ3) is 7.00. The number of allylic oxidation sites excluding steroid dienone is 1. The number of nitrogens with zero attached hydrogens (tertiary/aromatic N) is 1. The number of phenols is 1. The zero-order valence-electron chi connectivity index (χ0n) is 23.3. The fourth-order valence-electron chi connectivity index (χ4n) is 5.62. The highest BCUT2D eigenvalue weighted by molar-refractivity contribution is 5.90. The van der Waals surface area contributed by atoms with Crippen molar-refractivity contribution in [1.82, 2.24) is 4.90 Å². The van der Waals surface area contributed by atoms with Crippen molar-refractivity contribution in [3.63, 3.8) is 0 Å². The lowest BCUT2D eigenvalue weighted by molar-refractivity contribution is 0.0287. The maximum absolute atomic E-state index is 13.3. The molecule has 1 fully saturated rings. The Morgan fingerprint density at radius 2 is 1.72 bits per heavy atom. The minimum absolute atomic E-state index is 0.0259. The number of aromatic hydroxyl groups is 1. The van der Waals surface area contributed by atoms with E-state index >= 15 is 0 Å². The van der Waals surface area contributed by atoms with E-state index in [0.29, 0.717) is 23.6 Å². The molecule has 1 N–H and O–H groups in total. The van der Waals surface area contributed by atoms with Gasteiger partial charge in [-0.2, -0.15) is 0 Å². The van der Waals surface area contributed by atoms with Crippen molar-refractivity contribution in [3.05, 3.63) is 76.4 Å². The van der Waals surface area contributed by atoms with Crippen LogP contribution in [-0.2, 0) is 4.74 Å². The summed E-state index contributed by atoms with van der Waals surface area (Å²) in [4.78, 5) is 15.8. The molecule has 2 aromatic carbocycles. The molecule has 196 valence electrons. The summed E-state index contributed by atoms with van der Waals surface area (Å²) < 4.78 is 6.08. The maximum Gasteiger partial charge on any atom is 0.338 e. The van der Waals surface area contributed by atoms with Crippen molar-refractivity contribution in [1.29, 1.82) is 0 Å². The van der Waals surface area contributed by atoms with Gasteiger partial charge >= 0.3 is 5.97 Å². The van der Waals surface area contributed by atoms with Gasteiger partial charge in [-0.25, -0.2) is 4.79 Å². The number of hydrogen-bond donors (Lipinski definition) is 1. The lowest BCUT2D eigenvalue weighted by Gasteiger charge is -2.32. The number of rotatable bonds is 9. The first-order valence-corrected chi connectivity index (χ1v) is 13.6. The van der Waals surface area contributed by atoms with Gasteiger partial charge in [0.1, 0.15) is 11.9 Å². The van der Waals surface area contributed by atoms with E-state index in [0.717, 1.165) is 43.4 Å². The first-order chi connectivity index (χ1) is 17.1. The number of carbonyl (C=O) groups is 1. The fourth-order valence-corrected chi connectivity index (χ4v) is 5.62. The van der Waals surface area contributed by atoms with E-state index in [1.165, 1.54) is 11.1 Å². The molecule has 3 rings (SSSR count). The van der Waals surface area contributed by atoms with Crippen LogP contribution in [0.1, 0.15) is 102 Å². The molecule has 0 bridgehead atoms. The van der Waals surface area contributed by atoms with Gasteiger partial charge < -0.3 is 9.84 Å². The third-order valence-corrected chi connectivity index (χ3v) is 7.65. The Hall–Kier alpha value is -2.59. The van der Waals surface area contributed by atoms with Crippen molar-refractivity contribution in [3.8, 4) is 5.75 Å². The summed E-state index contributed by atoms with van der Waals surface area (Å²) >= 11 is 0. The van der Waals surface area contributed by atoms with Crippen LogP contribution in [0.2, 0.25) is 0 Å². The molecule has 0 aliphatic heterocycles. The molecule has 36 heavy (non-hydrogen) atoms. The van der Waals surface area contributed by atoms with Crippen LogP contribution >= 0.6 is 0 Å². The third-order valence-electron chi connectivity index (χ3n) is 7.65. The highest BCUT2D eigenvalue weighted by Crippen LogP contribution is 2.36.